The van der Waals surface area contributed by atoms with Crippen LogP contribution >= 0.6 is 0 Å². The zero-order valence-electron chi connectivity index (χ0n) is 17.0. The highest BCUT2D eigenvalue weighted by atomic mass is 16.6. The van der Waals surface area contributed by atoms with Crippen LogP contribution in [0.4, 0.5) is 0 Å². The van der Waals surface area contributed by atoms with E-state index in [1.165, 1.54) is 6.92 Å². The van der Waals surface area contributed by atoms with Crippen molar-refractivity contribution in [1.29, 1.82) is 0 Å². The van der Waals surface area contributed by atoms with Gasteiger partial charge < -0.3 is 14.8 Å². The Kier molecular flexibility index (Phi) is 8.40. The third-order valence-corrected chi connectivity index (χ3v) is 4.23. The summed E-state index contributed by atoms with van der Waals surface area (Å²) in [5.74, 6) is -0.217. The highest BCUT2D eigenvalue weighted by Crippen LogP contribution is 2.21. The Bertz CT molecular complexity index is 815. The summed E-state index contributed by atoms with van der Waals surface area (Å²) in [6.45, 7) is 4.96. The molecule has 0 aromatic heterocycles. The monoisotopic (exact) mass is 397 g/mol. The van der Waals surface area contributed by atoms with Gasteiger partial charge in [0.25, 0.3) is 5.91 Å². The van der Waals surface area contributed by atoms with Gasteiger partial charge in [0.15, 0.2) is 19.0 Å². The van der Waals surface area contributed by atoms with Crippen molar-refractivity contribution in [3.05, 3.63) is 65.7 Å². The maximum atomic E-state index is 12.2. The Labute approximate surface area is 171 Å². The van der Waals surface area contributed by atoms with Crippen LogP contribution in [0, 0.1) is 5.92 Å². The lowest BCUT2D eigenvalue weighted by Crippen LogP contribution is -2.33. The fourth-order valence-electron chi connectivity index (χ4n) is 2.79. The van der Waals surface area contributed by atoms with Gasteiger partial charge >= 0.3 is 5.97 Å². The minimum atomic E-state index is -0.643. The number of esters is 1. The minimum absolute atomic E-state index is 0.0479. The second kappa shape index (κ2) is 11.0. The third kappa shape index (κ3) is 7.78. The van der Waals surface area contributed by atoms with Crippen molar-refractivity contribution in [1.82, 2.24) is 5.32 Å². The summed E-state index contributed by atoms with van der Waals surface area (Å²) in [5.41, 5.74) is 1.57. The van der Waals surface area contributed by atoms with Gasteiger partial charge in [0.2, 0.25) is 0 Å². The summed E-state index contributed by atoms with van der Waals surface area (Å²) < 4.78 is 10.3. The van der Waals surface area contributed by atoms with Gasteiger partial charge in [-0.1, -0.05) is 44.2 Å². The molecule has 2 rings (SSSR count). The number of hydrogen-bond donors (Lipinski definition) is 1. The quantitative estimate of drug-likeness (QED) is 0.488. The SMILES string of the molecule is CC(=O)c1ccc(OCC(=O)OCC(=O)NC(CC(C)C)c2ccccc2)cc1. The molecule has 1 atom stereocenters. The largest absolute Gasteiger partial charge is 0.482 e. The second-order valence-corrected chi connectivity index (χ2v) is 7.19. The molecule has 6 nitrogen and oxygen atoms in total. The minimum Gasteiger partial charge on any atom is -0.482 e. The summed E-state index contributed by atoms with van der Waals surface area (Å²) in [4.78, 5) is 35.3. The standard InChI is InChI=1S/C23H27NO5/c1-16(2)13-21(19-7-5-4-6-8-19)24-22(26)14-29-23(27)15-28-20-11-9-18(10-12-20)17(3)25/h4-12,16,21H,13-15H2,1-3H3,(H,24,26). The molecule has 0 heterocycles. The highest BCUT2D eigenvalue weighted by molar-refractivity contribution is 5.94. The van der Waals surface area contributed by atoms with E-state index in [1.807, 2.05) is 30.3 Å². The molecule has 0 aliphatic carbocycles. The van der Waals surface area contributed by atoms with E-state index < -0.39 is 5.97 Å². The van der Waals surface area contributed by atoms with Gasteiger partial charge in [0.05, 0.1) is 6.04 Å². The van der Waals surface area contributed by atoms with Gasteiger partial charge in [-0.25, -0.2) is 4.79 Å². The lowest BCUT2D eigenvalue weighted by molar-refractivity contribution is -0.150. The van der Waals surface area contributed by atoms with E-state index in [9.17, 15) is 14.4 Å². The van der Waals surface area contributed by atoms with Crippen molar-refractivity contribution in [3.8, 4) is 5.75 Å². The smallest absolute Gasteiger partial charge is 0.344 e. The number of Topliss-reactive ketones (excluding diaryl/α,β-unsaturated/α-hetero) is 1. The average molecular weight is 397 g/mol. The van der Waals surface area contributed by atoms with Gasteiger partial charge in [-0.15, -0.1) is 0 Å². The molecule has 0 aliphatic rings. The molecule has 2 aromatic rings. The first-order valence-corrected chi connectivity index (χ1v) is 9.59. The van der Waals surface area contributed by atoms with Gasteiger partial charge in [-0.2, -0.15) is 0 Å². The van der Waals surface area contributed by atoms with Crippen LogP contribution in [0.25, 0.3) is 0 Å². The fraction of sp³-hybridized carbons (Fsp3) is 0.348. The number of hydrogen-bond acceptors (Lipinski definition) is 5. The summed E-state index contributed by atoms with van der Waals surface area (Å²) in [6, 6.07) is 16.0. The van der Waals surface area contributed by atoms with Crippen LogP contribution in [0.2, 0.25) is 0 Å². The van der Waals surface area contributed by atoms with E-state index in [-0.39, 0.29) is 30.9 Å². The number of ketones is 1. The van der Waals surface area contributed by atoms with E-state index >= 15 is 0 Å². The van der Waals surface area contributed by atoms with E-state index in [0.717, 1.165) is 12.0 Å². The second-order valence-electron chi connectivity index (χ2n) is 7.19. The van der Waals surface area contributed by atoms with Crippen molar-refractivity contribution in [3.63, 3.8) is 0 Å². The lowest BCUT2D eigenvalue weighted by Gasteiger charge is -2.21. The van der Waals surface area contributed by atoms with Crippen LogP contribution in [0.15, 0.2) is 54.6 Å². The molecule has 6 heteroatoms. The summed E-state index contributed by atoms with van der Waals surface area (Å²) in [5, 5.41) is 2.92. The molecule has 0 fully saturated rings. The lowest BCUT2D eigenvalue weighted by atomic mass is 9.97. The first kappa shape index (κ1) is 22.1. The molecule has 0 spiro atoms. The number of amides is 1. The number of carbonyl (C=O) groups excluding carboxylic acids is 3. The Morgan fingerprint density at radius 1 is 0.931 bits per heavy atom. The molecule has 0 saturated carbocycles. The maximum Gasteiger partial charge on any atom is 0.344 e. The van der Waals surface area contributed by atoms with Crippen molar-refractivity contribution >= 4 is 17.7 Å². The van der Waals surface area contributed by atoms with Gasteiger partial charge in [-0.3, -0.25) is 9.59 Å². The van der Waals surface area contributed by atoms with E-state index in [1.54, 1.807) is 24.3 Å². The van der Waals surface area contributed by atoms with Crippen LogP contribution < -0.4 is 10.1 Å². The Morgan fingerprint density at radius 3 is 2.17 bits per heavy atom. The molecule has 1 amide bonds. The molecule has 0 aliphatic heterocycles. The topological polar surface area (TPSA) is 81.7 Å². The predicted octanol–water partition coefficient (Wildman–Crippen LogP) is 3.71. The van der Waals surface area contributed by atoms with Crippen molar-refractivity contribution in [2.45, 2.75) is 33.2 Å². The predicted molar refractivity (Wildman–Crippen MR) is 110 cm³/mol. The zero-order valence-corrected chi connectivity index (χ0v) is 17.0. The number of ether oxygens (including phenoxy) is 2. The van der Waals surface area contributed by atoms with Crippen molar-refractivity contribution in [2.75, 3.05) is 13.2 Å². The highest BCUT2D eigenvalue weighted by Gasteiger charge is 2.17. The first-order chi connectivity index (χ1) is 13.8. The first-order valence-electron chi connectivity index (χ1n) is 9.59. The van der Waals surface area contributed by atoms with E-state index in [2.05, 4.69) is 19.2 Å². The number of nitrogens with one attached hydrogen (secondary N) is 1. The van der Waals surface area contributed by atoms with Crippen LogP contribution in [-0.4, -0.2) is 30.9 Å². The molecule has 29 heavy (non-hydrogen) atoms. The molecule has 154 valence electrons. The van der Waals surface area contributed by atoms with Gasteiger partial charge in [0.1, 0.15) is 5.75 Å². The maximum absolute atomic E-state index is 12.2. The van der Waals surface area contributed by atoms with Crippen LogP contribution in [0.1, 0.15) is 49.2 Å². The average Bonchev–Trinajstić information content (AvgIpc) is 2.71. The van der Waals surface area contributed by atoms with Crippen molar-refractivity contribution < 1.29 is 23.9 Å². The molecule has 0 radical (unpaired) electrons. The molecule has 0 saturated heterocycles. The zero-order chi connectivity index (χ0) is 21.2. The van der Waals surface area contributed by atoms with Crippen LogP contribution in [0.3, 0.4) is 0 Å². The number of benzene rings is 2. The molecule has 0 bridgehead atoms. The van der Waals surface area contributed by atoms with Crippen molar-refractivity contribution in [2.24, 2.45) is 5.92 Å². The van der Waals surface area contributed by atoms with Gasteiger partial charge in [0, 0.05) is 5.56 Å². The third-order valence-electron chi connectivity index (χ3n) is 4.23. The van der Waals surface area contributed by atoms with Crippen LogP contribution in [-0.2, 0) is 14.3 Å². The Morgan fingerprint density at radius 2 is 1.59 bits per heavy atom. The molecule has 2 aromatic carbocycles. The number of carbonyl (C=O) groups is 3. The van der Waals surface area contributed by atoms with E-state index in [4.69, 9.17) is 9.47 Å². The molecular formula is C23H27NO5. The molecule has 1 unspecified atom stereocenters. The van der Waals surface area contributed by atoms with Gasteiger partial charge in [-0.05, 0) is 49.1 Å². The van der Waals surface area contributed by atoms with E-state index in [0.29, 0.717) is 17.2 Å². The summed E-state index contributed by atoms with van der Waals surface area (Å²) in [7, 11) is 0. The molecule has 1 N–H and O–H groups in total. The summed E-state index contributed by atoms with van der Waals surface area (Å²) >= 11 is 0. The summed E-state index contributed by atoms with van der Waals surface area (Å²) in [6.07, 6.45) is 0.781. The normalized spacial score (nSPS) is 11.6. The fourth-order valence-corrected chi connectivity index (χ4v) is 2.79. The Hall–Kier alpha value is -3.15. The molecular weight excluding hydrogens is 370 g/mol. The Balaban J connectivity index is 1.79. The number of rotatable bonds is 10. The van der Waals surface area contributed by atoms with Crippen LogP contribution in [0.5, 0.6) is 5.75 Å².